The summed E-state index contributed by atoms with van der Waals surface area (Å²) in [5.41, 5.74) is 3.89. The van der Waals surface area contributed by atoms with E-state index in [-0.39, 0.29) is 5.91 Å². The Morgan fingerprint density at radius 2 is 1.74 bits per heavy atom. The minimum Gasteiger partial charge on any atom is -0.298 e. The van der Waals surface area contributed by atoms with Crippen molar-refractivity contribution in [3.05, 3.63) is 65.0 Å². The number of rotatable bonds is 6. The molecule has 0 fully saturated rings. The second-order valence-corrected chi connectivity index (χ2v) is 8.60. The highest BCUT2D eigenvalue weighted by molar-refractivity contribution is 7.92. The summed E-state index contributed by atoms with van der Waals surface area (Å²) >= 11 is 1.35. The number of carbonyl (C=O) groups excluding carboxylic acids is 1. The monoisotopic (exact) mass is 401 g/mol. The first-order chi connectivity index (χ1) is 12.8. The number of aryl methyl sites for hydroxylation is 1. The summed E-state index contributed by atoms with van der Waals surface area (Å²) in [6.45, 7) is 2.11. The Labute approximate surface area is 162 Å². The third-order valence-corrected chi connectivity index (χ3v) is 5.20. The molecule has 0 spiro atoms. The number of sulfonamides is 1. The van der Waals surface area contributed by atoms with Crippen LogP contribution in [0.25, 0.3) is 11.3 Å². The lowest BCUT2D eigenvalue weighted by atomic mass is 10.1. The fourth-order valence-electron chi connectivity index (χ4n) is 2.45. The predicted molar refractivity (Wildman–Crippen MR) is 110 cm³/mol. The van der Waals surface area contributed by atoms with E-state index >= 15 is 0 Å². The van der Waals surface area contributed by atoms with Crippen LogP contribution in [-0.4, -0.2) is 25.6 Å². The topological polar surface area (TPSA) is 88.2 Å². The molecule has 3 rings (SSSR count). The van der Waals surface area contributed by atoms with Gasteiger partial charge in [0, 0.05) is 22.2 Å². The molecule has 3 aromatic rings. The van der Waals surface area contributed by atoms with Crippen LogP contribution in [0.2, 0.25) is 0 Å². The summed E-state index contributed by atoms with van der Waals surface area (Å²) in [6.07, 6.45) is 2.06. The molecule has 0 atom stereocenters. The van der Waals surface area contributed by atoms with Gasteiger partial charge in [-0.05, 0) is 36.2 Å². The number of nitrogens with one attached hydrogen (secondary N) is 2. The average molecular weight is 402 g/mol. The Morgan fingerprint density at radius 1 is 1.07 bits per heavy atom. The number of amides is 1. The Bertz CT molecular complexity index is 1040. The summed E-state index contributed by atoms with van der Waals surface area (Å²) in [6, 6.07) is 14.4. The molecule has 8 heteroatoms. The van der Waals surface area contributed by atoms with Crippen molar-refractivity contribution in [2.45, 2.75) is 13.3 Å². The number of anilines is 2. The number of aromatic nitrogens is 1. The second-order valence-electron chi connectivity index (χ2n) is 5.99. The highest BCUT2D eigenvalue weighted by Crippen LogP contribution is 2.25. The molecular weight excluding hydrogens is 382 g/mol. The van der Waals surface area contributed by atoms with Crippen molar-refractivity contribution in [1.29, 1.82) is 0 Å². The van der Waals surface area contributed by atoms with E-state index in [0.717, 1.165) is 23.9 Å². The summed E-state index contributed by atoms with van der Waals surface area (Å²) in [7, 11) is -3.35. The number of hydrogen-bond acceptors (Lipinski definition) is 5. The van der Waals surface area contributed by atoms with Gasteiger partial charge in [0.2, 0.25) is 10.0 Å². The largest absolute Gasteiger partial charge is 0.298 e. The fraction of sp³-hybridized carbons (Fsp3) is 0.158. The Kier molecular flexibility index (Phi) is 5.57. The quantitative estimate of drug-likeness (QED) is 0.653. The van der Waals surface area contributed by atoms with Gasteiger partial charge < -0.3 is 0 Å². The highest BCUT2D eigenvalue weighted by Gasteiger charge is 2.11. The first kappa shape index (κ1) is 19.1. The maximum absolute atomic E-state index is 12.4. The van der Waals surface area contributed by atoms with Gasteiger partial charge in [-0.15, -0.1) is 11.3 Å². The van der Waals surface area contributed by atoms with E-state index < -0.39 is 10.0 Å². The highest BCUT2D eigenvalue weighted by atomic mass is 32.2. The first-order valence-corrected chi connectivity index (χ1v) is 11.1. The molecule has 140 valence electrons. The van der Waals surface area contributed by atoms with Gasteiger partial charge in [-0.1, -0.05) is 31.2 Å². The van der Waals surface area contributed by atoms with Crippen molar-refractivity contribution in [1.82, 2.24) is 4.98 Å². The smallest absolute Gasteiger partial charge is 0.257 e. The van der Waals surface area contributed by atoms with Crippen LogP contribution >= 0.6 is 11.3 Å². The van der Waals surface area contributed by atoms with Crippen LogP contribution < -0.4 is 10.0 Å². The number of thiazole rings is 1. The lowest BCUT2D eigenvalue weighted by Crippen LogP contribution is -2.12. The van der Waals surface area contributed by atoms with Gasteiger partial charge in [-0.25, -0.2) is 13.4 Å². The van der Waals surface area contributed by atoms with Crippen molar-refractivity contribution >= 4 is 38.1 Å². The zero-order valence-electron chi connectivity index (χ0n) is 14.9. The van der Waals surface area contributed by atoms with Gasteiger partial charge in [0.1, 0.15) is 0 Å². The fourth-order valence-corrected chi connectivity index (χ4v) is 3.73. The number of nitrogens with zero attached hydrogens (tertiary/aromatic N) is 1. The molecule has 0 saturated carbocycles. The maximum Gasteiger partial charge on any atom is 0.257 e. The third kappa shape index (κ3) is 5.15. The third-order valence-electron chi connectivity index (χ3n) is 3.83. The van der Waals surface area contributed by atoms with Crippen LogP contribution in [0.3, 0.4) is 0 Å². The van der Waals surface area contributed by atoms with Gasteiger partial charge in [0.15, 0.2) is 5.13 Å². The zero-order valence-corrected chi connectivity index (χ0v) is 16.5. The number of benzene rings is 2. The van der Waals surface area contributed by atoms with Gasteiger partial charge in [0.05, 0.1) is 11.9 Å². The van der Waals surface area contributed by atoms with Crippen LogP contribution in [0.5, 0.6) is 0 Å². The molecule has 0 bridgehead atoms. The molecule has 1 aromatic heterocycles. The van der Waals surface area contributed by atoms with E-state index in [2.05, 4.69) is 34.1 Å². The van der Waals surface area contributed by atoms with E-state index in [9.17, 15) is 13.2 Å². The minimum atomic E-state index is -3.35. The van der Waals surface area contributed by atoms with Crippen LogP contribution in [0.1, 0.15) is 22.8 Å². The van der Waals surface area contributed by atoms with E-state index in [4.69, 9.17) is 0 Å². The van der Waals surface area contributed by atoms with Crippen molar-refractivity contribution < 1.29 is 13.2 Å². The van der Waals surface area contributed by atoms with E-state index in [0.29, 0.717) is 16.4 Å². The Balaban J connectivity index is 1.68. The van der Waals surface area contributed by atoms with Crippen molar-refractivity contribution in [2.24, 2.45) is 0 Å². The maximum atomic E-state index is 12.4. The molecular formula is C19H19N3O3S2. The lowest BCUT2D eigenvalue weighted by molar-refractivity contribution is 0.102. The average Bonchev–Trinajstić information content (AvgIpc) is 3.09. The van der Waals surface area contributed by atoms with E-state index in [1.54, 1.807) is 24.3 Å². The molecule has 1 heterocycles. The van der Waals surface area contributed by atoms with Gasteiger partial charge in [0.25, 0.3) is 5.91 Å². The number of carbonyl (C=O) groups is 1. The van der Waals surface area contributed by atoms with Crippen molar-refractivity contribution in [3.63, 3.8) is 0 Å². The summed E-state index contributed by atoms with van der Waals surface area (Å²) in [5, 5.41) is 5.17. The van der Waals surface area contributed by atoms with E-state index in [1.807, 2.05) is 17.5 Å². The summed E-state index contributed by atoms with van der Waals surface area (Å²) < 4.78 is 24.8. The molecule has 0 aliphatic rings. The zero-order chi connectivity index (χ0) is 19.4. The summed E-state index contributed by atoms with van der Waals surface area (Å²) in [5.74, 6) is -0.303. The molecule has 6 nitrogen and oxygen atoms in total. The van der Waals surface area contributed by atoms with Gasteiger partial charge >= 0.3 is 0 Å². The molecule has 0 aliphatic carbocycles. The van der Waals surface area contributed by atoms with Gasteiger partial charge in [-0.3, -0.25) is 14.8 Å². The molecule has 1 amide bonds. The van der Waals surface area contributed by atoms with Crippen LogP contribution in [0, 0.1) is 0 Å². The molecule has 0 saturated heterocycles. The molecule has 0 aliphatic heterocycles. The predicted octanol–water partition coefficient (Wildman–Crippen LogP) is 4.00. The molecule has 2 N–H and O–H groups in total. The first-order valence-electron chi connectivity index (χ1n) is 8.28. The van der Waals surface area contributed by atoms with Crippen LogP contribution in [-0.2, 0) is 16.4 Å². The molecule has 2 aromatic carbocycles. The lowest BCUT2D eigenvalue weighted by Gasteiger charge is -2.05. The number of hydrogen-bond donors (Lipinski definition) is 2. The SMILES string of the molecule is CCc1ccc(-c2csc(NC(=O)c3ccc(NS(C)(=O)=O)cc3)n2)cc1. The van der Waals surface area contributed by atoms with Gasteiger partial charge in [-0.2, -0.15) is 0 Å². The molecule has 27 heavy (non-hydrogen) atoms. The molecule has 0 unspecified atom stereocenters. The second kappa shape index (κ2) is 7.89. The van der Waals surface area contributed by atoms with Crippen molar-refractivity contribution in [3.8, 4) is 11.3 Å². The minimum absolute atomic E-state index is 0.303. The Hall–Kier alpha value is -2.71. The Morgan fingerprint density at radius 3 is 2.33 bits per heavy atom. The van der Waals surface area contributed by atoms with E-state index in [1.165, 1.54) is 16.9 Å². The molecule has 0 radical (unpaired) electrons. The normalized spacial score (nSPS) is 11.2. The van der Waals surface area contributed by atoms with Crippen LogP contribution in [0.4, 0.5) is 10.8 Å². The standard InChI is InChI=1S/C19H19N3O3S2/c1-3-13-4-6-14(7-5-13)17-12-26-19(20-17)21-18(23)15-8-10-16(11-9-15)22-27(2,24)25/h4-12,22H,3H2,1-2H3,(H,20,21,23). The van der Waals surface area contributed by atoms with Crippen molar-refractivity contribution in [2.75, 3.05) is 16.3 Å². The summed E-state index contributed by atoms with van der Waals surface area (Å²) in [4.78, 5) is 16.8. The van der Waals surface area contributed by atoms with Crippen LogP contribution in [0.15, 0.2) is 53.9 Å².